The Hall–Kier alpha value is -4.85. The van der Waals surface area contributed by atoms with Crippen molar-refractivity contribution >= 4 is 40.5 Å². The number of benzene rings is 2. The summed E-state index contributed by atoms with van der Waals surface area (Å²) in [6, 6.07) is 13.9. The number of halogens is 3. The molecule has 0 saturated heterocycles. The van der Waals surface area contributed by atoms with Crippen molar-refractivity contribution in [1.29, 1.82) is 0 Å². The van der Waals surface area contributed by atoms with E-state index in [0.717, 1.165) is 29.7 Å². The highest BCUT2D eigenvalue weighted by Crippen LogP contribution is 2.30. The minimum absolute atomic E-state index is 0.0922. The van der Waals surface area contributed by atoms with Crippen LogP contribution in [0.2, 0.25) is 0 Å². The van der Waals surface area contributed by atoms with E-state index >= 15 is 0 Å². The Morgan fingerprint density at radius 3 is 2.58 bits per heavy atom. The number of anilines is 2. The number of hydrogen-bond acceptors (Lipinski definition) is 8. The quantitative estimate of drug-likeness (QED) is 0.304. The topological polar surface area (TPSA) is 123 Å². The maximum atomic E-state index is 13.0. The summed E-state index contributed by atoms with van der Waals surface area (Å²) in [4.78, 5) is 29.5. The van der Waals surface area contributed by atoms with E-state index in [1.165, 1.54) is 16.8 Å². The zero-order valence-electron chi connectivity index (χ0n) is 19.4. The molecule has 14 heteroatoms. The average molecular weight is 539 g/mol. The first-order chi connectivity index (χ1) is 18.2. The normalized spacial score (nSPS) is 11.4. The van der Waals surface area contributed by atoms with Crippen LogP contribution in [0.15, 0.2) is 66.9 Å². The highest BCUT2D eigenvalue weighted by atomic mass is 32.1. The number of carbonyl (C=O) groups excluding carboxylic acids is 2. The highest BCUT2D eigenvalue weighted by molar-refractivity contribution is 7.08. The molecule has 0 radical (unpaired) electrons. The molecule has 192 valence electrons. The van der Waals surface area contributed by atoms with Crippen molar-refractivity contribution in [1.82, 2.24) is 24.2 Å². The lowest BCUT2D eigenvalue weighted by molar-refractivity contribution is -0.137. The van der Waals surface area contributed by atoms with Crippen LogP contribution in [-0.2, 0) is 6.18 Å². The number of ether oxygens (including phenoxy) is 1. The third-order valence-corrected chi connectivity index (χ3v) is 5.99. The van der Waals surface area contributed by atoms with Crippen molar-refractivity contribution in [3.05, 3.63) is 88.6 Å². The zero-order chi connectivity index (χ0) is 26.9. The van der Waals surface area contributed by atoms with E-state index in [1.54, 1.807) is 43.3 Å². The minimum Gasteiger partial charge on any atom is -0.438 e. The van der Waals surface area contributed by atoms with Gasteiger partial charge in [0.25, 0.3) is 11.8 Å². The number of carbonyl (C=O) groups is 2. The fourth-order valence-corrected chi connectivity index (χ4v) is 3.94. The van der Waals surface area contributed by atoms with Crippen LogP contribution in [0.25, 0.3) is 5.65 Å². The highest BCUT2D eigenvalue weighted by Gasteiger charge is 2.31. The van der Waals surface area contributed by atoms with Gasteiger partial charge in [-0.3, -0.25) is 9.59 Å². The third kappa shape index (κ3) is 5.44. The number of alkyl halides is 3. The molecule has 0 fully saturated rings. The van der Waals surface area contributed by atoms with Crippen LogP contribution >= 0.6 is 11.5 Å². The number of aryl methyl sites for hydroxylation is 1. The molecular formula is C24H16F3N7O3S. The summed E-state index contributed by atoms with van der Waals surface area (Å²) in [6.45, 7) is 1.69. The maximum absolute atomic E-state index is 13.0. The summed E-state index contributed by atoms with van der Waals surface area (Å²) in [7, 11) is 0. The molecule has 0 unspecified atom stereocenters. The van der Waals surface area contributed by atoms with E-state index in [-0.39, 0.29) is 23.2 Å². The van der Waals surface area contributed by atoms with Crippen LogP contribution in [0, 0.1) is 6.92 Å². The number of fused-ring (bicyclic) bond motifs is 1. The Morgan fingerprint density at radius 2 is 1.82 bits per heavy atom. The Labute approximate surface area is 216 Å². The van der Waals surface area contributed by atoms with E-state index in [9.17, 15) is 22.8 Å². The molecule has 10 nitrogen and oxygen atoms in total. The van der Waals surface area contributed by atoms with Crippen LogP contribution in [0.5, 0.6) is 11.6 Å². The van der Waals surface area contributed by atoms with Crippen molar-refractivity contribution in [3.63, 3.8) is 0 Å². The molecule has 5 aromatic rings. The van der Waals surface area contributed by atoms with Crippen molar-refractivity contribution < 1.29 is 27.5 Å². The van der Waals surface area contributed by atoms with Crippen LogP contribution in [0.1, 0.15) is 31.3 Å². The Balaban J connectivity index is 1.29. The third-order valence-electron chi connectivity index (χ3n) is 5.16. The molecule has 0 aliphatic heterocycles. The lowest BCUT2D eigenvalue weighted by Crippen LogP contribution is -2.14. The van der Waals surface area contributed by atoms with Gasteiger partial charge in [0.15, 0.2) is 11.5 Å². The summed E-state index contributed by atoms with van der Waals surface area (Å²) in [5.41, 5.74) is 0.295. The SMILES string of the molecule is Cc1nnsc1C(=O)Nc1cccc(Oc2ccc3nc(NC(=O)c4cccc(C(F)(F)F)c4)cn3n2)c1. The predicted molar refractivity (Wildman–Crippen MR) is 131 cm³/mol. The Morgan fingerprint density at radius 1 is 1.00 bits per heavy atom. The van der Waals surface area contributed by atoms with E-state index in [4.69, 9.17) is 4.74 Å². The van der Waals surface area contributed by atoms with Gasteiger partial charge in [0.2, 0.25) is 5.88 Å². The van der Waals surface area contributed by atoms with E-state index in [1.807, 2.05) is 0 Å². The van der Waals surface area contributed by atoms with Crippen molar-refractivity contribution in [2.24, 2.45) is 0 Å². The number of nitrogens with one attached hydrogen (secondary N) is 2. The summed E-state index contributed by atoms with van der Waals surface area (Å²) < 4.78 is 49.8. The van der Waals surface area contributed by atoms with Crippen LogP contribution < -0.4 is 15.4 Å². The number of hydrogen-bond donors (Lipinski definition) is 2. The molecule has 0 spiro atoms. The van der Waals surface area contributed by atoms with E-state index in [2.05, 4.69) is 30.3 Å². The van der Waals surface area contributed by atoms with Crippen molar-refractivity contribution in [3.8, 4) is 11.6 Å². The van der Waals surface area contributed by atoms with Gasteiger partial charge in [-0.25, -0.2) is 9.50 Å². The molecule has 5 rings (SSSR count). The second-order valence-corrected chi connectivity index (χ2v) is 8.66. The lowest BCUT2D eigenvalue weighted by Gasteiger charge is -2.08. The zero-order valence-corrected chi connectivity index (χ0v) is 20.2. The largest absolute Gasteiger partial charge is 0.438 e. The molecule has 3 heterocycles. The second-order valence-electron chi connectivity index (χ2n) is 7.90. The van der Waals surface area contributed by atoms with Crippen LogP contribution in [-0.4, -0.2) is 36.0 Å². The van der Waals surface area contributed by atoms with E-state index in [0.29, 0.717) is 27.7 Å². The molecule has 0 atom stereocenters. The fraction of sp³-hybridized carbons (Fsp3) is 0.0833. The summed E-state index contributed by atoms with van der Waals surface area (Å²) in [5, 5.41) is 13.3. The summed E-state index contributed by atoms with van der Waals surface area (Å²) >= 11 is 0.996. The number of rotatable bonds is 6. The monoisotopic (exact) mass is 539 g/mol. The summed E-state index contributed by atoms with van der Waals surface area (Å²) in [6.07, 6.45) is -3.17. The second kappa shape index (κ2) is 9.89. The lowest BCUT2D eigenvalue weighted by atomic mass is 10.1. The molecular weight excluding hydrogens is 523 g/mol. The maximum Gasteiger partial charge on any atom is 0.416 e. The molecule has 0 aliphatic carbocycles. The number of nitrogens with zero attached hydrogens (tertiary/aromatic N) is 5. The number of imidazole rings is 1. The average Bonchev–Trinajstić information content (AvgIpc) is 3.49. The number of amides is 2. The molecule has 38 heavy (non-hydrogen) atoms. The van der Waals surface area contributed by atoms with Gasteiger partial charge < -0.3 is 15.4 Å². The summed E-state index contributed by atoms with van der Waals surface area (Å²) in [5.74, 6) is -0.412. The van der Waals surface area contributed by atoms with Crippen molar-refractivity contribution in [2.75, 3.05) is 10.6 Å². The predicted octanol–water partition coefficient (Wildman–Crippen LogP) is 5.20. The van der Waals surface area contributed by atoms with Crippen LogP contribution in [0.4, 0.5) is 24.7 Å². The van der Waals surface area contributed by atoms with Gasteiger partial charge in [0.1, 0.15) is 10.6 Å². The first-order valence-electron chi connectivity index (χ1n) is 10.9. The Kier molecular flexibility index (Phi) is 6.46. The van der Waals surface area contributed by atoms with Crippen molar-refractivity contribution in [2.45, 2.75) is 13.1 Å². The van der Waals surface area contributed by atoms with Gasteiger partial charge in [0.05, 0.1) is 17.5 Å². The van der Waals surface area contributed by atoms with Gasteiger partial charge in [0, 0.05) is 23.4 Å². The van der Waals surface area contributed by atoms with Gasteiger partial charge in [-0.05, 0) is 54.9 Å². The molecule has 2 amide bonds. The first kappa shape index (κ1) is 24.8. The molecule has 2 N–H and O–H groups in total. The fourth-order valence-electron chi connectivity index (χ4n) is 3.39. The molecule has 0 aliphatic rings. The molecule has 0 bridgehead atoms. The van der Waals surface area contributed by atoms with Gasteiger partial charge in [-0.1, -0.05) is 16.6 Å². The van der Waals surface area contributed by atoms with Crippen LogP contribution in [0.3, 0.4) is 0 Å². The standard InChI is InChI=1S/C24H16F3N7O3S/c1-13-21(38-33-31-13)23(36)28-16-6-3-7-17(11-16)37-20-9-8-19-29-18(12-34(19)32-20)30-22(35)14-4-2-5-15(10-14)24(25,26)27/h2-12H,1H3,(H,28,36)(H,30,35). The molecule has 2 aromatic carbocycles. The number of aromatic nitrogens is 5. The van der Waals surface area contributed by atoms with Gasteiger partial charge >= 0.3 is 6.18 Å². The smallest absolute Gasteiger partial charge is 0.416 e. The molecule has 3 aromatic heterocycles. The van der Waals surface area contributed by atoms with Gasteiger partial charge in [-0.2, -0.15) is 13.2 Å². The van der Waals surface area contributed by atoms with Gasteiger partial charge in [-0.15, -0.1) is 10.2 Å². The first-order valence-corrected chi connectivity index (χ1v) is 11.7. The minimum atomic E-state index is -4.57. The molecule has 0 saturated carbocycles. The Bertz CT molecular complexity index is 1670. The van der Waals surface area contributed by atoms with E-state index < -0.39 is 17.6 Å².